The first-order chi connectivity index (χ1) is 5.25. The highest BCUT2D eigenvalue weighted by Gasteiger charge is 2.25. The Labute approximate surface area is 69.2 Å². The topological polar surface area (TPSA) is 23.5 Å². The van der Waals surface area contributed by atoms with Crippen molar-refractivity contribution in [2.45, 2.75) is 31.7 Å². The van der Waals surface area contributed by atoms with Gasteiger partial charge in [0.2, 0.25) is 0 Å². The van der Waals surface area contributed by atoms with Gasteiger partial charge in [0.05, 0.1) is 0 Å². The van der Waals surface area contributed by atoms with Crippen LogP contribution in [0.15, 0.2) is 0 Å². The van der Waals surface area contributed by atoms with E-state index in [9.17, 15) is 0 Å². The molecule has 0 heterocycles. The van der Waals surface area contributed by atoms with E-state index < -0.39 is 0 Å². The highest BCUT2D eigenvalue weighted by molar-refractivity contribution is 4.79. The third-order valence-corrected chi connectivity index (χ3v) is 2.77. The molecule has 2 atom stereocenters. The summed E-state index contributed by atoms with van der Waals surface area (Å²) in [4.78, 5) is 2.25. The molecule has 11 heavy (non-hydrogen) atoms. The summed E-state index contributed by atoms with van der Waals surface area (Å²) in [5.41, 5.74) is 0. The highest BCUT2D eigenvalue weighted by Crippen LogP contribution is 2.26. The Balaban J connectivity index is 2.44. The Hall–Kier alpha value is -0.0800. The molecular weight excluding hydrogens is 138 g/mol. The number of hydrogen-bond donors (Lipinski definition) is 1. The van der Waals surface area contributed by atoms with Crippen molar-refractivity contribution in [2.75, 3.05) is 20.7 Å². The van der Waals surface area contributed by atoms with Crippen LogP contribution >= 0.6 is 0 Å². The van der Waals surface area contributed by atoms with Crippen LogP contribution in [0.5, 0.6) is 0 Å². The molecule has 0 saturated heterocycles. The molecule has 2 nitrogen and oxygen atoms in total. The molecular formula is C9H19NO. The van der Waals surface area contributed by atoms with Gasteiger partial charge in [-0.05, 0) is 32.9 Å². The second-order valence-corrected chi connectivity index (χ2v) is 3.76. The zero-order chi connectivity index (χ0) is 8.27. The molecule has 1 rings (SSSR count). The maximum Gasteiger partial charge on any atom is 0.0474 e. The second-order valence-electron chi connectivity index (χ2n) is 3.76. The van der Waals surface area contributed by atoms with Crippen LogP contribution in [0, 0.1) is 5.92 Å². The van der Waals surface area contributed by atoms with Crippen LogP contribution in [-0.2, 0) is 0 Å². The summed E-state index contributed by atoms with van der Waals surface area (Å²) >= 11 is 0. The summed E-state index contributed by atoms with van der Waals surface area (Å²) in [6.07, 6.45) is 5.10. The fourth-order valence-electron chi connectivity index (χ4n) is 2.08. The standard InChI is InChI=1S/C9H19NO/c1-10(2)9-6-4-3-5-8(9)7-11/h8-9,11H,3-7H2,1-2H3/t8-,9+/m1/s1. The van der Waals surface area contributed by atoms with Gasteiger partial charge < -0.3 is 10.0 Å². The summed E-state index contributed by atoms with van der Waals surface area (Å²) in [5.74, 6) is 0.527. The summed E-state index contributed by atoms with van der Waals surface area (Å²) < 4.78 is 0. The predicted octanol–water partition coefficient (Wildman–Crippen LogP) is 1.10. The third kappa shape index (κ3) is 2.17. The first-order valence-corrected chi connectivity index (χ1v) is 4.53. The monoisotopic (exact) mass is 157 g/mol. The quantitative estimate of drug-likeness (QED) is 0.649. The van der Waals surface area contributed by atoms with Crippen LogP contribution in [0.4, 0.5) is 0 Å². The van der Waals surface area contributed by atoms with Crippen molar-refractivity contribution in [1.82, 2.24) is 4.90 Å². The van der Waals surface area contributed by atoms with Crippen LogP contribution in [0.1, 0.15) is 25.7 Å². The molecule has 0 bridgehead atoms. The Morgan fingerprint density at radius 2 is 1.91 bits per heavy atom. The largest absolute Gasteiger partial charge is 0.396 e. The highest BCUT2D eigenvalue weighted by atomic mass is 16.3. The fourth-order valence-corrected chi connectivity index (χ4v) is 2.08. The van der Waals surface area contributed by atoms with E-state index in [0.717, 1.165) is 0 Å². The van der Waals surface area contributed by atoms with Crippen molar-refractivity contribution in [2.24, 2.45) is 5.92 Å². The van der Waals surface area contributed by atoms with E-state index in [1.165, 1.54) is 25.7 Å². The van der Waals surface area contributed by atoms with Crippen LogP contribution in [0.25, 0.3) is 0 Å². The van der Waals surface area contributed by atoms with Gasteiger partial charge in [0.1, 0.15) is 0 Å². The molecule has 1 aliphatic carbocycles. The summed E-state index contributed by atoms with van der Waals surface area (Å²) in [6.45, 7) is 0.364. The average molecular weight is 157 g/mol. The van der Waals surface area contributed by atoms with E-state index in [1.54, 1.807) is 0 Å². The molecule has 0 aromatic heterocycles. The van der Waals surface area contributed by atoms with E-state index in [1.807, 2.05) is 0 Å². The van der Waals surface area contributed by atoms with Crippen LogP contribution < -0.4 is 0 Å². The lowest BCUT2D eigenvalue weighted by atomic mass is 9.84. The molecule has 0 radical (unpaired) electrons. The van der Waals surface area contributed by atoms with E-state index in [-0.39, 0.29) is 0 Å². The number of nitrogens with zero attached hydrogens (tertiary/aromatic N) is 1. The van der Waals surface area contributed by atoms with Gasteiger partial charge in [0, 0.05) is 12.6 Å². The first kappa shape index (κ1) is 9.01. The van der Waals surface area contributed by atoms with Crippen molar-refractivity contribution >= 4 is 0 Å². The van der Waals surface area contributed by atoms with Gasteiger partial charge in [0.15, 0.2) is 0 Å². The number of aliphatic hydroxyl groups is 1. The molecule has 0 spiro atoms. The van der Waals surface area contributed by atoms with Crippen molar-refractivity contribution in [1.29, 1.82) is 0 Å². The molecule has 0 aromatic carbocycles. The Bertz CT molecular complexity index is 114. The fraction of sp³-hybridized carbons (Fsp3) is 1.00. The lowest BCUT2D eigenvalue weighted by Gasteiger charge is -2.34. The molecule has 0 amide bonds. The SMILES string of the molecule is CN(C)[C@H]1CCCC[C@@H]1CO. The van der Waals surface area contributed by atoms with Crippen LogP contribution in [0.2, 0.25) is 0 Å². The minimum absolute atomic E-state index is 0.364. The minimum atomic E-state index is 0.364. The van der Waals surface area contributed by atoms with E-state index >= 15 is 0 Å². The molecule has 0 aliphatic heterocycles. The lowest BCUT2D eigenvalue weighted by Crippen LogP contribution is -2.39. The van der Waals surface area contributed by atoms with E-state index in [4.69, 9.17) is 5.11 Å². The zero-order valence-corrected chi connectivity index (χ0v) is 7.58. The van der Waals surface area contributed by atoms with Crippen LogP contribution in [-0.4, -0.2) is 36.8 Å². The summed E-state index contributed by atoms with van der Waals surface area (Å²) in [6, 6.07) is 0.619. The minimum Gasteiger partial charge on any atom is -0.396 e. The molecule has 1 N–H and O–H groups in total. The molecule has 1 aliphatic rings. The van der Waals surface area contributed by atoms with Crippen LogP contribution in [0.3, 0.4) is 0 Å². The molecule has 0 unspecified atom stereocenters. The molecule has 0 aromatic rings. The van der Waals surface area contributed by atoms with E-state index in [2.05, 4.69) is 19.0 Å². The third-order valence-electron chi connectivity index (χ3n) is 2.77. The maximum absolute atomic E-state index is 9.08. The van der Waals surface area contributed by atoms with Crippen molar-refractivity contribution in [3.63, 3.8) is 0 Å². The van der Waals surface area contributed by atoms with Gasteiger partial charge in [0.25, 0.3) is 0 Å². The van der Waals surface area contributed by atoms with Crippen molar-refractivity contribution in [3.8, 4) is 0 Å². The zero-order valence-electron chi connectivity index (χ0n) is 7.58. The molecule has 2 heteroatoms. The average Bonchev–Trinajstić information content (AvgIpc) is 2.04. The number of hydrogen-bond acceptors (Lipinski definition) is 2. The normalized spacial score (nSPS) is 32.7. The number of rotatable bonds is 2. The number of aliphatic hydroxyl groups excluding tert-OH is 1. The maximum atomic E-state index is 9.08. The van der Waals surface area contributed by atoms with Gasteiger partial charge in [-0.3, -0.25) is 0 Å². The Kier molecular flexibility index (Phi) is 3.34. The van der Waals surface area contributed by atoms with Gasteiger partial charge in [-0.2, -0.15) is 0 Å². The summed E-state index contributed by atoms with van der Waals surface area (Å²) in [5, 5.41) is 9.08. The van der Waals surface area contributed by atoms with Gasteiger partial charge in [-0.25, -0.2) is 0 Å². The molecule has 1 fully saturated rings. The second kappa shape index (κ2) is 4.07. The smallest absolute Gasteiger partial charge is 0.0474 e. The van der Waals surface area contributed by atoms with Gasteiger partial charge >= 0.3 is 0 Å². The lowest BCUT2D eigenvalue weighted by molar-refractivity contribution is 0.0975. The van der Waals surface area contributed by atoms with Gasteiger partial charge in [-0.1, -0.05) is 12.8 Å². The van der Waals surface area contributed by atoms with Gasteiger partial charge in [-0.15, -0.1) is 0 Å². The molecule has 66 valence electrons. The van der Waals surface area contributed by atoms with Crippen molar-refractivity contribution < 1.29 is 5.11 Å². The Morgan fingerprint density at radius 3 is 2.36 bits per heavy atom. The predicted molar refractivity (Wildman–Crippen MR) is 46.5 cm³/mol. The first-order valence-electron chi connectivity index (χ1n) is 4.53. The Morgan fingerprint density at radius 1 is 1.27 bits per heavy atom. The molecule has 1 saturated carbocycles. The van der Waals surface area contributed by atoms with Crippen molar-refractivity contribution in [3.05, 3.63) is 0 Å². The summed E-state index contributed by atoms with van der Waals surface area (Å²) in [7, 11) is 4.22. The van der Waals surface area contributed by atoms with E-state index in [0.29, 0.717) is 18.6 Å².